The van der Waals surface area contributed by atoms with Gasteiger partial charge in [-0.05, 0) is 80.9 Å². The highest BCUT2D eigenvalue weighted by atomic mass is 32.1. The fourth-order valence-electron chi connectivity index (χ4n) is 9.65. The van der Waals surface area contributed by atoms with Gasteiger partial charge in [0, 0.05) is 53.2 Å². The van der Waals surface area contributed by atoms with E-state index in [2.05, 4.69) is 195 Å². The van der Waals surface area contributed by atoms with Crippen molar-refractivity contribution in [3.05, 3.63) is 187 Å². The molecule has 1 aliphatic carbocycles. The van der Waals surface area contributed by atoms with Crippen LogP contribution in [-0.2, 0) is 5.41 Å². The van der Waals surface area contributed by atoms with Gasteiger partial charge in [-0.25, -0.2) is 0 Å². The summed E-state index contributed by atoms with van der Waals surface area (Å²) < 4.78 is 9.73. The molecule has 0 spiro atoms. The first kappa shape index (κ1) is 31.6. The zero-order valence-corrected chi connectivity index (χ0v) is 31.8. The monoisotopic (exact) mass is 733 g/mol. The van der Waals surface area contributed by atoms with E-state index in [1.807, 2.05) is 11.3 Å². The van der Waals surface area contributed by atoms with Gasteiger partial charge in [0.1, 0.15) is 11.2 Å². The van der Waals surface area contributed by atoms with Crippen molar-refractivity contribution in [2.45, 2.75) is 19.3 Å². The van der Waals surface area contributed by atoms with Crippen LogP contribution in [0.5, 0.6) is 0 Å². The van der Waals surface area contributed by atoms with E-state index in [9.17, 15) is 0 Å². The maximum absolute atomic E-state index is 7.15. The van der Waals surface area contributed by atoms with Crippen LogP contribution in [0.4, 0.5) is 17.1 Å². The van der Waals surface area contributed by atoms with E-state index in [-0.39, 0.29) is 5.41 Å². The van der Waals surface area contributed by atoms with Gasteiger partial charge in [-0.3, -0.25) is 0 Å². The Morgan fingerprint density at radius 3 is 2.05 bits per heavy atom. The number of thiophene rings is 1. The van der Waals surface area contributed by atoms with Crippen LogP contribution in [0, 0.1) is 0 Å². The average molecular weight is 734 g/mol. The summed E-state index contributed by atoms with van der Waals surface area (Å²) in [5.41, 5.74) is 12.7. The number of benzene rings is 9. The molecular formula is C53H35NOS. The molecule has 2 nitrogen and oxygen atoms in total. The quantitative estimate of drug-likeness (QED) is 0.179. The minimum atomic E-state index is -0.137. The Kier molecular flexibility index (Phi) is 6.59. The fourth-order valence-corrected chi connectivity index (χ4v) is 10.9. The summed E-state index contributed by atoms with van der Waals surface area (Å²) in [7, 11) is 0. The second-order valence-corrected chi connectivity index (χ2v) is 16.7. The van der Waals surface area contributed by atoms with Gasteiger partial charge in [-0.2, -0.15) is 0 Å². The maximum atomic E-state index is 7.15. The highest BCUT2D eigenvalue weighted by molar-refractivity contribution is 7.26. The summed E-state index contributed by atoms with van der Waals surface area (Å²) in [6, 6.07) is 64.5. The topological polar surface area (TPSA) is 16.4 Å². The van der Waals surface area contributed by atoms with Crippen LogP contribution in [0.2, 0.25) is 0 Å². The second-order valence-electron chi connectivity index (χ2n) is 15.6. The normalized spacial score (nSPS) is 13.3. The third kappa shape index (κ3) is 4.38. The molecule has 11 aromatic rings. The fraction of sp³-hybridized carbons (Fsp3) is 0.0566. The van der Waals surface area contributed by atoms with Gasteiger partial charge in [0.15, 0.2) is 0 Å². The van der Waals surface area contributed by atoms with E-state index in [1.165, 1.54) is 69.5 Å². The number of anilines is 3. The molecule has 2 aromatic heterocycles. The van der Waals surface area contributed by atoms with Gasteiger partial charge in [0.2, 0.25) is 0 Å². The standard InChI is InChI=1S/C53H35NOS/c1-53(2)43-23-9-7-19-37(43)38-29-28-34(31-44(38)53)54(45-24-11-16-32-14-3-5-17-35(32)45)46-25-13-26-47-50(46)42-30-33-15-4-6-18-36(33)49(51(42)55-47)41-22-12-21-40-39-20-8-10-27-48(39)56-52(40)41/h3-31H,1-2H3. The van der Waals surface area contributed by atoms with Gasteiger partial charge in [0.25, 0.3) is 0 Å². The molecule has 0 fully saturated rings. The van der Waals surface area contributed by atoms with Crippen LogP contribution in [0.3, 0.4) is 0 Å². The van der Waals surface area contributed by atoms with E-state index in [0.29, 0.717) is 0 Å². The van der Waals surface area contributed by atoms with Crippen LogP contribution in [-0.4, -0.2) is 0 Å². The van der Waals surface area contributed by atoms with E-state index < -0.39 is 0 Å². The summed E-state index contributed by atoms with van der Waals surface area (Å²) in [4.78, 5) is 2.47. The molecule has 0 atom stereocenters. The molecule has 0 bridgehead atoms. The number of hydrogen-bond acceptors (Lipinski definition) is 3. The molecule has 1 aliphatic rings. The van der Waals surface area contributed by atoms with Crippen molar-refractivity contribution in [3.8, 4) is 22.3 Å². The lowest BCUT2D eigenvalue weighted by molar-refractivity contribution is 0.660. The second kappa shape index (κ2) is 11.7. The first-order chi connectivity index (χ1) is 27.5. The Bertz CT molecular complexity index is 3410. The minimum Gasteiger partial charge on any atom is -0.455 e. The minimum absolute atomic E-state index is 0.137. The highest BCUT2D eigenvalue weighted by Crippen LogP contribution is 2.53. The molecule has 0 amide bonds. The third-order valence-corrected chi connectivity index (χ3v) is 13.5. The molecule has 56 heavy (non-hydrogen) atoms. The van der Waals surface area contributed by atoms with Crippen LogP contribution in [0.25, 0.3) is 85.9 Å². The van der Waals surface area contributed by atoms with Crippen molar-refractivity contribution in [1.29, 1.82) is 0 Å². The van der Waals surface area contributed by atoms with Crippen LogP contribution < -0.4 is 4.90 Å². The lowest BCUT2D eigenvalue weighted by Gasteiger charge is -2.29. The smallest absolute Gasteiger partial charge is 0.144 e. The van der Waals surface area contributed by atoms with Gasteiger partial charge in [0.05, 0.1) is 16.8 Å². The maximum Gasteiger partial charge on any atom is 0.144 e. The van der Waals surface area contributed by atoms with Crippen LogP contribution >= 0.6 is 11.3 Å². The van der Waals surface area contributed by atoms with Crippen molar-refractivity contribution in [2.75, 3.05) is 4.90 Å². The Hall–Kier alpha value is -6.68. The molecular weight excluding hydrogens is 699 g/mol. The summed E-state index contributed by atoms with van der Waals surface area (Å²) in [5, 5.41) is 9.59. The molecule has 2 heterocycles. The van der Waals surface area contributed by atoms with Gasteiger partial charge in [-0.1, -0.05) is 147 Å². The van der Waals surface area contributed by atoms with E-state index in [1.54, 1.807) is 0 Å². The Morgan fingerprint density at radius 2 is 1.14 bits per heavy atom. The van der Waals surface area contributed by atoms with Crippen LogP contribution in [0.1, 0.15) is 25.0 Å². The SMILES string of the molecule is CC1(C)c2ccccc2-c2ccc(N(c3cccc4ccccc34)c3cccc4oc5c(-c6cccc7c6sc6ccccc67)c6ccccc6cc5c34)cc21. The van der Waals surface area contributed by atoms with E-state index in [4.69, 9.17) is 4.42 Å². The van der Waals surface area contributed by atoms with Gasteiger partial charge >= 0.3 is 0 Å². The number of hydrogen-bond donors (Lipinski definition) is 0. The third-order valence-electron chi connectivity index (χ3n) is 12.2. The molecule has 0 radical (unpaired) electrons. The lowest BCUT2D eigenvalue weighted by atomic mass is 9.82. The Balaban J connectivity index is 1.18. The van der Waals surface area contributed by atoms with Crippen molar-refractivity contribution >= 4 is 92.1 Å². The molecule has 0 N–H and O–H groups in total. The highest BCUT2D eigenvalue weighted by Gasteiger charge is 2.36. The predicted molar refractivity (Wildman–Crippen MR) is 239 cm³/mol. The van der Waals surface area contributed by atoms with Gasteiger partial charge in [-0.15, -0.1) is 11.3 Å². The van der Waals surface area contributed by atoms with Gasteiger partial charge < -0.3 is 9.32 Å². The zero-order chi connectivity index (χ0) is 37.1. The summed E-state index contributed by atoms with van der Waals surface area (Å²) in [5.74, 6) is 0. The first-order valence-electron chi connectivity index (χ1n) is 19.3. The number of fused-ring (bicyclic) bond motifs is 11. The molecule has 0 saturated carbocycles. The molecule has 0 saturated heterocycles. The lowest BCUT2D eigenvalue weighted by Crippen LogP contribution is -2.16. The van der Waals surface area contributed by atoms with Crippen molar-refractivity contribution in [3.63, 3.8) is 0 Å². The van der Waals surface area contributed by atoms with E-state index >= 15 is 0 Å². The molecule has 3 heteroatoms. The number of nitrogens with zero attached hydrogens (tertiary/aromatic N) is 1. The summed E-state index contributed by atoms with van der Waals surface area (Å²) in [6.07, 6.45) is 0. The van der Waals surface area contributed by atoms with Crippen LogP contribution in [0.15, 0.2) is 180 Å². The average Bonchev–Trinajstić information content (AvgIpc) is 3.88. The molecule has 0 aliphatic heterocycles. The number of furan rings is 1. The summed E-state index contributed by atoms with van der Waals surface area (Å²) in [6.45, 7) is 4.72. The van der Waals surface area contributed by atoms with Crippen molar-refractivity contribution in [2.24, 2.45) is 0 Å². The van der Waals surface area contributed by atoms with E-state index in [0.717, 1.165) is 44.6 Å². The Morgan fingerprint density at radius 1 is 0.482 bits per heavy atom. The molecule has 264 valence electrons. The first-order valence-corrected chi connectivity index (χ1v) is 20.2. The molecule has 0 unspecified atom stereocenters. The number of rotatable bonds is 4. The Labute approximate surface area is 328 Å². The molecule has 12 rings (SSSR count). The predicted octanol–water partition coefficient (Wildman–Crippen LogP) is 15.7. The zero-order valence-electron chi connectivity index (χ0n) is 31.0. The van der Waals surface area contributed by atoms with Crippen molar-refractivity contribution in [1.82, 2.24) is 0 Å². The molecule has 9 aromatic carbocycles. The van der Waals surface area contributed by atoms with Crippen molar-refractivity contribution < 1.29 is 4.42 Å². The summed E-state index contributed by atoms with van der Waals surface area (Å²) >= 11 is 1.87. The largest absolute Gasteiger partial charge is 0.455 e.